The van der Waals surface area contributed by atoms with Crippen LogP contribution in [0.4, 0.5) is 5.69 Å². The van der Waals surface area contributed by atoms with Gasteiger partial charge >= 0.3 is 5.97 Å². The molecule has 0 radical (unpaired) electrons. The number of esters is 1. The lowest BCUT2D eigenvalue weighted by molar-refractivity contribution is 0.0602. The summed E-state index contributed by atoms with van der Waals surface area (Å²) in [5.41, 5.74) is 13.4. The van der Waals surface area contributed by atoms with Crippen molar-refractivity contribution in [2.24, 2.45) is 21.7 Å². The van der Waals surface area contributed by atoms with Gasteiger partial charge in [-0.1, -0.05) is 12.1 Å². The van der Waals surface area contributed by atoms with Crippen molar-refractivity contribution in [3.63, 3.8) is 0 Å². The van der Waals surface area contributed by atoms with Crippen molar-refractivity contribution in [3.8, 4) is 0 Å². The Morgan fingerprint density at radius 1 is 1.21 bits per heavy atom. The predicted octanol–water partition coefficient (Wildman–Crippen LogP) is 1.94. The van der Waals surface area contributed by atoms with Crippen LogP contribution in [-0.2, 0) is 11.2 Å². The molecule has 1 aliphatic carbocycles. The van der Waals surface area contributed by atoms with Gasteiger partial charge in [0.15, 0.2) is 5.76 Å². The van der Waals surface area contributed by atoms with Crippen LogP contribution in [0.5, 0.6) is 0 Å². The van der Waals surface area contributed by atoms with Gasteiger partial charge in [-0.25, -0.2) is 4.79 Å². The number of nitrogens with one attached hydrogen (secondary N) is 1. The summed E-state index contributed by atoms with van der Waals surface area (Å²) in [7, 11) is 1.28. The minimum atomic E-state index is -0.544. The Morgan fingerprint density at radius 2 is 1.96 bits per heavy atom. The van der Waals surface area contributed by atoms with Crippen LogP contribution in [0.3, 0.4) is 0 Å². The summed E-state index contributed by atoms with van der Waals surface area (Å²) < 4.78 is 10.6. The van der Waals surface area contributed by atoms with Gasteiger partial charge in [-0.05, 0) is 31.9 Å². The molecule has 28 heavy (non-hydrogen) atoms. The summed E-state index contributed by atoms with van der Waals surface area (Å²) in [4.78, 5) is 24.7. The minimum absolute atomic E-state index is 0.141. The van der Waals surface area contributed by atoms with Crippen LogP contribution in [0.2, 0.25) is 0 Å². The molecule has 1 heterocycles. The molecule has 9 heteroatoms. The lowest BCUT2D eigenvalue weighted by atomic mass is 9.93. The topological polar surface area (TPSA) is 145 Å². The molecule has 9 nitrogen and oxygen atoms in total. The Kier molecular flexibility index (Phi) is 5.44. The molecule has 0 aliphatic heterocycles. The third kappa shape index (κ3) is 3.73. The van der Waals surface area contributed by atoms with Gasteiger partial charge in [-0.15, -0.1) is 5.10 Å². The van der Waals surface area contributed by atoms with Gasteiger partial charge in [0, 0.05) is 17.5 Å². The number of rotatable bonds is 4. The predicted molar refractivity (Wildman–Crippen MR) is 104 cm³/mol. The number of carbonyl (C=O) groups is 2. The number of carbonyl (C=O) groups excluding carboxylic acids is 2. The van der Waals surface area contributed by atoms with E-state index in [2.05, 4.69) is 15.5 Å². The number of ether oxygens (including phenoxy) is 1. The first-order valence-corrected chi connectivity index (χ1v) is 8.69. The fourth-order valence-electron chi connectivity index (χ4n) is 3.16. The molecule has 0 unspecified atom stereocenters. The van der Waals surface area contributed by atoms with E-state index in [0.29, 0.717) is 35.6 Å². The summed E-state index contributed by atoms with van der Waals surface area (Å²) in [5.74, 6) is -0.329. The SMILES string of the molecule is COC(=O)c1ccccc1NC(=O)c1oc2c(c1C)/C(=N/N=C(N)N)CCC2. The van der Waals surface area contributed by atoms with E-state index in [1.165, 1.54) is 7.11 Å². The maximum atomic E-state index is 12.8. The Bertz CT molecular complexity index is 986. The highest BCUT2D eigenvalue weighted by Crippen LogP contribution is 2.30. The summed E-state index contributed by atoms with van der Waals surface area (Å²) >= 11 is 0. The van der Waals surface area contributed by atoms with Crippen LogP contribution in [0.15, 0.2) is 38.9 Å². The number of hydrogen-bond acceptors (Lipinski definition) is 6. The molecule has 0 spiro atoms. The van der Waals surface area contributed by atoms with E-state index in [-0.39, 0.29) is 17.3 Å². The number of benzene rings is 1. The van der Waals surface area contributed by atoms with Crippen molar-refractivity contribution < 1.29 is 18.7 Å². The fraction of sp³-hybridized carbons (Fsp3) is 0.263. The Hall–Kier alpha value is -3.62. The van der Waals surface area contributed by atoms with Crippen molar-refractivity contribution in [1.82, 2.24) is 0 Å². The molecule has 0 bridgehead atoms. The van der Waals surface area contributed by atoms with Crippen LogP contribution in [0, 0.1) is 6.92 Å². The first-order chi connectivity index (χ1) is 13.4. The molecular weight excluding hydrogens is 362 g/mol. The maximum Gasteiger partial charge on any atom is 0.339 e. The molecule has 0 saturated heterocycles. The summed E-state index contributed by atoms with van der Waals surface area (Å²) in [6, 6.07) is 6.59. The molecule has 0 atom stereocenters. The molecule has 1 aromatic heterocycles. The van der Waals surface area contributed by atoms with Crippen LogP contribution in [-0.4, -0.2) is 30.7 Å². The van der Waals surface area contributed by atoms with Crippen LogP contribution < -0.4 is 16.8 Å². The van der Waals surface area contributed by atoms with E-state index in [1.54, 1.807) is 31.2 Å². The number of nitrogens with zero attached hydrogens (tertiary/aromatic N) is 2. The molecular formula is C19H21N5O4. The van der Waals surface area contributed by atoms with E-state index < -0.39 is 11.9 Å². The molecule has 5 N–H and O–H groups in total. The standard InChI is InChI=1S/C19H21N5O4/c1-10-15-13(23-24-19(20)21)8-5-9-14(15)28-16(10)17(25)22-12-7-4-3-6-11(12)18(26)27-2/h3-4,6-7H,5,8-9H2,1-2H3,(H,22,25)(H4,20,21,24)/b23-13+. The zero-order chi connectivity index (χ0) is 20.3. The lowest BCUT2D eigenvalue weighted by Crippen LogP contribution is -2.22. The molecule has 1 aromatic carbocycles. The minimum Gasteiger partial charge on any atom is -0.465 e. The van der Waals surface area contributed by atoms with Gasteiger partial charge in [0.05, 0.1) is 24.1 Å². The smallest absolute Gasteiger partial charge is 0.339 e. The second-order valence-electron chi connectivity index (χ2n) is 6.27. The summed E-state index contributed by atoms with van der Waals surface area (Å²) in [5, 5.41) is 10.5. The lowest BCUT2D eigenvalue weighted by Gasteiger charge is -2.11. The van der Waals surface area contributed by atoms with Crippen molar-refractivity contribution in [2.75, 3.05) is 12.4 Å². The van der Waals surface area contributed by atoms with Crippen LogP contribution in [0.1, 0.15) is 50.6 Å². The number of fused-ring (bicyclic) bond motifs is 1. The summed E-state index contributed by atoms with van der Waals surface area (Å²) in [6.45, 7) is 1.78. The number of amides is 1. The zero-order valence-corrected chi connectivity index (χ0v) is 15.6. The van der Waals surface area contributed by atoms with Gasteiger partial charge in [0.25, 0.3) is 5.91 Å². The van der Waals surface area contributed by atoms with Gasteiger partial charge in [0.2, 0.25) is 5.96 Å². The number of aryl methyl sites for hydroxylation is 1. The molecule has 1 aliphatic rings. The number of nitrogens with two attached hydrogens (primary N) is 2. The number of methoxy groups -OCH3 is 1. The maximum absolute atomic E-state index is 12.8. The van der Waals surface area contributed by atoms with Gasteiger partial charge in [0.1, 0.15) is 5.76 Å². The molecule has 146 valence electrons. The Labute approximate surface area is 161 Å². The highest BCUT2D eigenvalue weighted by Gasteiger charge is 2.28. The molecule has 0 saturated carbocycles. The second-order valence-corrected chi connectivity index (χ2v) is 6.27. The average Bonchev–Trinajstić information content (AvgIpc) is 3.03. The number of para-hydroxylation sites is 1. The molecule has 3 rings (SSSR count). The van der Waals surface area contributed by atoms with Crippen LogP contribution >= 0.6 is 0 Å². The van der Waals surface area contributed by atoms with E-state index in [1.807, 2.05) is 0 Å². The van der Waals surface area contributed by atoms with Gasteiger partial charge in [-0.2, -0.15) is 5.10 Å². The van der Waals surface area contributed by atoms with E-state index in [9.17, 15) is 9.59 Å². The van der Waals surface area contributed by atoms with Gasteiger partial charge < -0.3 is 25.9 Å². The highest BCUT2D eigenvalue weighted by atomic mass is 16.5. The molecule has 1 amide bonds. The Morgan fingerprint density at radius 3 is 2.68 bits per heavy atom. The number of hydrogen-bond donors (Lipinski definition) is 3. The largest absolute Gasteiger partial charge is 0.465 e. The van der Waals surface area contributed by atoms with Crippen molar-refractivity contribution in [1.29, 1.82) is 0 Å². The fourth-order valence-corrected chi connectivity index (χ4v) is 3.16. The monoisotopic (exact) mass is 383 g/mol. The van der Waals surface area contributed by atoms with E-state index in [0.717, 1.165) is 12.0 Å². The second kappa shape index (κ2) is 7.95. The number of guanidine groups is 1. The van der Waals surface area contributed by atoms with Crippen molar-refractivity contribution >= 4 is 29.2 Å². The first kappa shape index (κ1) is 19.2. The van der Waals surface area contributed by atoms with Crippen LogP contribution in [0.25, 0.3) is 0 Å². The third-order valence-corrected chi connectivity index (χ3v) is 4.40. The van der Waals surface area contributed by atoms with Gasteiger partial charge in [-0.3, -0.25) is 4.79 Å². The average molecular weight is 383 g/mol. The number of anilines is 1. The quantitative estimate of drug-likeness (QED) is 0.318. The highest BCUT2D eigenvalue weighted by molar-refractivity contribution is 6.10. The zero-order valence-electron chi connectivity index (χ0n) is 15.6. The van der Waals surface area contributed by atoms with Crippen molar-refractivity contribution in [3.05, 3.63) is 52.5 Å². The molecule has 2 aromatic rings. The normalized spacial score (nSPS) is 14.3. The van der Waals surface area contributed by atoms with E-state index >= 15 is 0 Å². The number of furan rings is 1. The summed E-state index contributed by atoms with van der Waals surface area (Å²) in [6.07, 6.45) is 2.17. The molecule has 0 fully saturated rings. The first-order valence-electron chi connectivity index (χ1n) is 8.69. The van der Waals surface area contributed by atoms with E-state index in [4.69, 9.17) is 20.6 Å². The third-order valence-electron chi connectivity index (χ3n) is 4.40. The Balaban J connectivity index is 1.94. The van der Waals surface area contributed by atoms with Crippen molar-refractivity contribution in [2.45, 2.75) is 26.2 Å².